The first-order chi connectivity index (χ1) is 3.72. The van der Waals surface area contributed by atoms with E-state index in [4.69, 9.17) is 0 Å². The van der Waals surface area contributed by atoms with Gasteiger partial charge in [0.05, 0.1) is 0 Å². The van der Waals surface area contributed by atoms with Gasteiger partial charge in [-0.05, 0) is 0 Å². The standard InChI is InChI=1S/C3H7N.2CH3.2Sn/c1-3(2)4;;;;/h3H,1-2H3;2*1H3;;. The molecule has 0 aliphatic rings. The van der Waals surface area contributed by atoms with E-state index < -0.39 is 0 Å². The molecule has 1 nitrogen and oxygen atoms in total. The SMILES string of the molecule is [CH3][Sn][N]([Sn][CH3])C(C)C. The summed E-state index contributed by atoms with van der Waals surface area (Å²) < 4.78 is 2.76. The minimum absolute atomic E-state index is 0.0483. The quantitative estimate of drug-likeness (QED) is 0.701. The molecule has 0 amide bonds. The molecule has 0 rings (SSSR count). The van der Waals surface area contributed by atoms with E-state index in [2.05, 4.69) is 25.1 Å². The zero-order chi connectivity index (χ0) is 6.57. The summed E-state index contributed by atoms with van der Waals surface area (Å²) in [5.41, 5.74) is 0. The fourth-order valence-corrected chi connectivity index (χ4v) is 8.50. The first-order valence-corrected chi connectivity index (χ1v) is 11.1. The van der Waals surface area contributed by atoms with Gasteiger partial charge in [-0.25, -0.2) is 0 Å². The molecule has 0 aromatic rings. The molecule has 0 spiro atoms. The molecule has 0 saturated carbocycles. The Morgan fingerprint density at radius 2 is 1.50 bits per heavy atom. The molecule has 0 atom stereocenters. The normalized spacial score (nSPS) is 11.2. The molecule has 46 valence electrons. The van der Waals surface area contributed by atoms with Crippen molar-refractivity contribution in [1.29, 1.82) is 0 Å². The number of hydrogen-bond acceptors (Lipinski definition) is 1. The zero-order valence-corrected chi connectivity index (χ0v) is 11.7. The van der Waals surface area contributed by atoms with Gasteiger partial charge in [-0.2, -0.15) is 0 Å². The van der Waals surface area contributed by atoms with Crippen molar-refractivity contribution in [2.75, 3.05) is 0 Å². The summed E-state index contributed by atoms with van der Waals surface area (Å²) in [6, 6.07) is 0.864. The molecule has 0 heterocycles. The van der Waals surface area contributed by atoms with Crippen molar-refractivity contribution in [1.82, 2.24) is 1.34 Å². The predicted octanol–water partition coefficient (Wildman–Crippen LogP) is 1.03. The van der Waals surface area contributed by atoms with Gasteiger partial charge in [-0.1, -0.05) is 0 Å². The van der Waals surface area contributed by atoms with Crippen molar-refractivity contribution in [3.8, 4) is 0 Å². The molecule has 0 N–H and O–H groups in total. The Kier molecular flexibility index (Phi) is 6.39. The molecule has 3 heteroatoms. The second kappa shape index (κ2) is 5.35. The van der Waals surface area contributed by atoms with Crippen LogP contribution in [-0.2, 0) is 0 Å². The van der Waals surface area contributed by atoms with E-state index in [0.29, 0.717) is 0 Å². The molecule has 0 bridgehead atoms. The third kappa shape index (κ3) is 3.56. The average Bonchev–Trinajstić information content (AvgIpc) is 1.69. The van der Waals surface area contributed by atoms with E-state index in [1.165, 1.54) is 0 Å². The Labute approximate surface area is 73.4 Å². The summed E-state index contributed by atoms with van der Waals surface area (Å²) in [7, 11) is 0. The molecule has 8 heavy (non-hydrogen) atoms. The Morgan fingerprint density at radius 1 is 1.12 bits per heavy atom. The van der Waals surface area contributed by atoms with Crippen LogP contribution in [0.15, 0.2) is 0 Å². The Balaban J connectivity index is 3.35. The van der Waals surface area contributed by atoms with Crippen molar-refractivity contribution in [2.24, 2.45) is 0 Å². The van der Waals surface area contributed by atoms with E-state index in [0.717, 1.165) is 6.04 Å². The maximum absolute atomic E-state index is 2.76. The Hall–Kier alpha value is 1.56. The molecule has 0 fully saturated rings. The van der Waals surface area contributed by atoms with Crippen LogP contribution in [0, 0.1) is 0 Å². The van der Waals surface area contributed by atoms with Crippen molar-refractivity contribution in [3.63, 3.8) is 0 Å². The predicted molar refractivity (Wildman–Crippen MR) is 40.2 cm³/mol. The number of hydrogen-bond donors (Lipinski definition) is 0. The van der Waals surface area contributed by atoms with Gasteiger partial charge < -0.3 is 0 Å². The molecular formula is C5H13NSn2. The molecule has 4 radical (unpaired) electrons. The summed E-state index contributed by atoms with van der Waals surface area (Å²) >= 11 is -0.0966. The first-order valence-electron chi connectivity index (χ1n) is 2.86. The van der Waals surface area contributed by atoms with E-state index in [9.17, 15) is 0 Å². The summed E-state index contributed by atoms with van der Waals surface area (Å²) in [4.78, 5) is 4.82. The van der Waals surface area contributed by atoms with Gasteiger partial charge in [-0.15, -0.1) is 0 Å². The molecule has 0 aromatic heterocycles. The van der Waals surface area contributed by atoms with E-state index >= 15 is 0 Å². The fraction of sp³-hybridized carbons (Fsp3) is 1.00. The zero-order valence-electron chi connectivity index (χ0n) is 6.02. The number of nitrogens with zero attached hydrogens (tertiary/aromatic N) is 1. The van der Waals surface area contributed by atoms with E-state index in [1.807, 2.05) is 0 Å². The monoisotopic (exact) mass is 327 g/mol. The van der Waals surface area contributed by atoms with Crippen molar-refractivity contribution in [2.45, 2.75) is 29.8 Å². The van der Waals surface area contributed by atoms with Gasteiger partial charge in [-0.3, -0.25) is 0 Å². The molecular weight excluding hydrogens is 311 g/mol. The van der Waals surface area contributed by atoms with Crippen LogP contribution in [0.1, 0.15) is 13.8 Å². The van der Waals surface area contributed by atoms with Gasteiger partial charge in [0.15, 0.2) is 0 Å². The Bertz CT molecular complexity index is 52.4. The van der Waals surface area contributed by atoms with Gasteiger partial charge in [0.25, 0.3) is 0 Å². The van der Waals surface area contributed by atoms with Gasteiger partial charge >= 0.3 is 73.9 Å². The third-order valence-electron chi connectivity index (χ3n) is 0.998. The molecule has 0 aliphatic heterocycles. The van der Waals surface area contributed by atoms with Crippen LogP contribution in [0.2, 0.25) is 9.88 Å². The van der Waals surface area contributed by atoms with Crippen molar-refractivity contribution in [3.05, 3.63) is 0 Å². The van der Waals surface area contributed by atoms with Crippen LogP contribution < -0.4 is 0 Å². The second-order valence-corrected chi connectivity index (χ2v) is 10.9. The molecule has 0 saturated heterocycles. The minimum atomic E-state index is -0.0483. The average molecular weight is 325 g/mol. The summed E-state index contributed by atoms with van der Waals surface area (Å²) in [5.74, 6) is 0. The first kappa shape index (κ1) is 9.56. The molecule has 0 aliphatic carbocycles. The second-order valence-electron chi connectivity index (χ2n) is 1.91. The van der Waals surface area contributed by atoms with Crippen LogP contribution in [-0.4, -0.2) is 50.2 Å². The summed E-state index contributed by atoms with van der Waals surface area (Å²) in [5, 5.41) is 0. The van der Waals surface area contributed by atoms with Crippen molar-refractivity contribution >= 4 is 42.8 Å². The van der Waals surface area contributed by atoms with Crippen LogP contribution >= 0.6 is 0 Å². The van der Waals surface area contributed by atoms with E-state index in [-0.39, 0.29) is 42.8 Å². The maximum atomic E-state index is 2.76. The fourth-order valence-electron chi connectivity index (χ4n) is 0.628. The molecule has 0 unspecified atom stereocenters. The Morgan fingerprint density at radius 3 is 1.50 bits per heavy atom. The van der Waals surface area contributed by atoms with Crippen LogP contribution in [0.4, 0.5) is 0 Å². The third-order valence-corrected chi connectivity index (χ3v) is 15.3. The molecule has 0 aromatic carbocycles. The van der Waals surface area contributed by atoms with E-state index in [1.54, 1.807) is 0 Å². The van der Waals surface area contributed by atoms with Gasteiger partial charge in [0.1, 0.15) is 0 Å². The number of rotatable bonds is 3. The van der Waals surface area contributed by atoms with Crippen LogP contribution in [0.5, 0.6) is 0 Å². The topological polar surface area (TPSA) is 3.24 Å². The summed E-state index contributed by atoms with van der Waals surface area (Å²) in [6.45, 7) is 4.63. The van der Waals surface area contributed by atoms with Crippen LogP contribution in [0.3, 0.4) is 0 Å². The van der Waals surface area contributed by atoms with Crippen molar-refractivity contribution < 1.29 is 0 Å². The van der Waals surface area contributed by atoms with Gasteiger partial charge in [0.2, 0.25) is 0 Å². The summed E-state index contributed by atoms with van der Waals surface area (Å²) in [6.07, 6.45) is 0. The van der Waals surface area contributed by atoms with Gasteiger partial charge in [0, 0.05) is 0 Å². The van der Waals surface area contributed by atoms with Crippen LogP contribution in [0.25, 0.3) is 0 Å².